The topological polar surface area (TPSA) is 47.3 Å². The largest absolute Gasteiger partial charge is 0.496 e. The van der Waals surface area contributed by atoms with Crippen molar-refractivity contribution in [1.82, 2.24) is 5.43 Å². The second-order valence-electron chi connectivity index (χ2n) is 3.63. The third kappa shape index (κ3) is 2.78. The quantitative estimate of drug-likeness (QED) is 0.614. The molecule has 2 aromatic rings. The summed E-state index contributed by atoms with van der Waals surface area (Å²) in [6.07, 6.45) is 0. The Morgan fingerprint density at radius 2 is 2.06 bits per heavy atom. The molecule has 0 amide bonds. The van der Waals surface area contributed by atoms with Crippen LogP contribution in [0.1, 0.15) is 16.5 Å². The fourth-order valence-electron chi connectivity index (χ4n) is 1.70. The van der Waals surface area contributed by atoms with Crippen LogP contribution in [0.5, 0.6) is 5.75 Å². The molecule has 1 atom stereocenters. The van der Waals surface area contributed by atoms with Crippen LogP contribution in [0.25, 0.3) is 0 Å². The van der Waals surface area contributed by atoms with Crippen LogP contribution < -0.4 is 16.0 Å². The Kier molecular flexibility index (Phi) is 4.80. The van der Waals surface area contributed by atoms with Gasteiger partial charge in [-0.05, 0) is 61.0 Å². The van der Waals surface area contributed by atoms with E-state index in [1.54, 1.807) is 18.4 Å². The van der Waals surface area contributed by atoms with Crippen LogP contribution in [0.4, 0.5) is 0 Å². The molecule has 1 aromatic carbocycles. The van der Waals surface area contributed by atoms with Gasteiger partial charge in [0.2, 0.25) is 0 Å². The van der Waals surface area contributed by atoms with Crippen molar-refractivity contribution >= 4 is 43.2 Å². The standard InChI is InChI=1S/C12H12Br2N2OS/c1-17-10-3-2-7(6-9(10)14)11(16-15)12-8(13)4-5-18-12/h2-6,11,16H,15H2,1H3. The van der Waals surface area contributed by atoms with Crippen LogP contribution in [-0.4, -0.2) is 7.11 Å². The number of benzene rings is 1. The minimum absolute atomic E-state index is 0.0402. The van der Waals surface area contributed by atoms with Gasteiger partial charge in [-0.1, -0.05) is 6.07 Å². The first-order valence-electron chi connectivity index (χ1n) is 5.19. The van der Waals surface area contributed by atoms with Crippen molar-refractivity contribution < 1.29 is 4.74 Å². The van der Waals surface area contributed by atoms with Gasteiger partial charge in [-0.3, -0.25) is 5.84 Å². The molecule has 1 aromatic heterocycles. The molecule has 0 aliphatic carbocycles. The molecule has 0 aliphatic heterocycles. The number of nitrogens with one attached hydrogen (secondary N) is 1. The summed E-state index contributed by atoms with van der Waals surface area (Å²) in [6.45, 7) is 0. The molecule has 0 saturated carbocycles. The van der Waals surface area contributed by atoms with Gasteiger partial charge >= 0.3 is 0 Å². The van der Waals surface area contributed by atoms with Crippen molar-refractivity contribution in [1.29, 1.82) is 0 Å². The van der Waals surface area contributed by atoms with Crippen molar-refractivity contribution in [3.63, 3.8) is 0 Å². The van der Waals surface area contributed by atoms with E-state index in [9.17, 15) is 0 Å². The van der Waals surface area contributed by atoms with Gasteiger partial charge in [0.05, 0.1) is 17.6 Å². The minimum atomic E-state index is -0.0402. The summed E-state index contributed by atoms with van der Waals surface area (Å²) in [5, 5.41) is 2.03. The SMILES string of the molecule is COc1ccc(C(NN)c2sccc2Br)cc1Br. The third-order valence-electron chi connectivity index (χ3n) is 2.58. The van der Waals surface area contributed by atoms with Gasteiger partial charge in [-0.2, -0.15) is 0 Å². The van der Waals surface area contributed by atoms with E-state index in [4.69, 9.17) is 10.6 Å². The van der Waals surface area contributed by atoms with Crippen molar-refractivity contribution in [3.05, 3.63) is 49.0 Å². The Bertz CT molecular complexity index is 545. The van der Waals surface area contributed by atoms with E-state index >= 15 is 0 Å². The van der Waals surface area contributed by atoms with Crippen LogP contribution in [0.2, 0.25) is 0 Å². The van der Waals surface area contributed by atoms with Crippen LogP contribution in [-0.2, 0) is 0 Å². The smallest absolute Gasteiger partial charge is 0.133 e. The molecule has 0 aliphatic rings. The third-order valence-corrected chi connectivity index (χ3v) is 5.14. The second kappa shape index (κ2) is 6.16. The highest BCUT2D eigenvalue weighted by atomic mass is 79.9. The predicted octanol–water partition coefficient (Wildman–Crippen LogP) is 3.83. The monoisotopic (exact) mass is 390 g/mol. The Morgan fingerprint density at radius 3 is 2.56 bits per heavy atom. The van der Waals surface area contributed by atoms with Crippen LogP contribution in [0.15, 0.2) is 38.6 Å². The van der Waals surface area contributed by atoms with Crippen LogP contribution >= 0.6 is 43.2 Å². The van der Waals surface area contributed by atoms with E-state index < -0.39 is 0 Å². The number of methoxy groups -OCH3 is 1. The van der Waals surface area contributed by atoms with E-state index in [0.717, 1.165) is 25.1 Å². The van der Waals surface area contributed by atoms with E-state index in [1.165, 1.54) is 0 Å². The summed E-state index contributed by atoms with van der Waals surface area (Å²) in [5.41, 5.74) is 3.92. The lowest BCUT2D eigenvalue weighted by atomic mass is 10.1. The van der Waals surface area contributed by atoms with Gasteiger partial charge in [0.1, 0.15) is 5.75 Å². The number of halogens is 2. The molecule has 96 valence electrons. The van der Waals surface area contributed by atoms with Gasteiger partial charge in [0.25, 0.3) is 0 Å². The van der Waals surface area contributed by atoms with E-state index in [2.05, 4.69) is 37.3 Å². The molecule has 1 heterocycles. The lowest BCUT2D eigenvalue weighted by Crippen LogP contribution is -2.28. The molecule has 3 nitrogen and oxygen atoms in total. The van der Waals surface area contributed by atoms with Gasteiger partial charge < -0.3 is 4.74 Å². The van der Waals surface area contributed by atoms with Crippen LogP contribution in [0.3, 0.4) is 0 Å². The molecule has 0 bridgehead atoms. The Balaban J connectivity index is 2.40. The van der Waals surface area contributed by atoms with Crippen molar-refractivity contribution in [2.24, 2.45) is 5.84 Å². The highest BCUT2D eigenvalue weighted by Gasteiger charge is 2.17. The fraction of sp³-hybridized carbons (Fsp3) is 0.167. The maximum atomic E-state index is 5.67. The highest BCUT2D eigenvalue weighted by Crippen LogP contribution is 2.35. The average Bonchev–Trinajstić information content (AvgIpc) is 2.77. The van der Waals surface area contributed by atoms with Crippen molar-refractivity contribution in [2.75, 3.05) is 7.11 Å². The molecule has 6 heteroatoms. The molecule has 0 saturated heterocycles. The zero-order chi connectivity index (χ0) is 13.1. The maximum absolute atomic E-state index is 5.67. The zero-order valence-electron chi connectivity index (χ0n) is 9.61. The number of thiophene rings is 1. The number of rotatable bonds is 4. The fourth-order valence-corrected chi connectivity index (χ4v) is 3.94. The summed E-state index contributed by atoms with van der Waals surface area (Å²) < 4.78 is 7.19. The lowest BCUT2D eigenvalue weighted by molar-refractivity contribution is 0.412. The van der Waals surface area contributed by atoms with Gasteiger partial charge in [0.15, 0.2) is 0 Å². The first-order valence-corrected chi connectivity index (χ1v) is 7.66. The van der Waals surface area contributed by atoms with E-state index in [0.29, 0.717) is 0 Å². The second-order valence-corrected chi connectivity index (χ2v) is 6.28. The number of hydrazine groups is 1. The van der Waals surface area contributed by atoms with Gasteiger partial charge in [-0.25, -0.2) is 5.43 Å². The summed E-state index contributed by atoms with van der Waals surface area (Å²) in [4.78, 5) is 1.15. The number of ether oxygens (including phenoxy) is 1. The molecule has 0 radical (unpaired) electrons. The first kappa shape index (κ1) is 14.0. The summed E-state index contributed by atoms with van der Waals surface area (Å²) in [7, 11) is 1.65. The molecule has 18 heavy (non-hydrogen) atoms. The summed E-state index contributed by atoms with van der Waals surface area (Å²) in [5.74, 6) is 6.48. The number of hydrogen-bond acceptors (Lipinski definition) is 4. The van der Waals surface area contributed by atoms with E-state index in [-0.39, 0.29) is 6.04 Å². The average molecular weight is 392 g/mol. The highest BCUT2D eigenvalue weighted by molar-refractivity contribution is 9.10. The normalized spacial score (nSPS) is 12.4. The van der Waals surface area contributed by atoms with Crippen LogP contribution in [0, 0.1) is 0 Å². The Labute approximate surface area is 127 Å². The first-order chi connectivity index (χ1) is 8.67. The summed E-state index contributed by atoms with van der Waals surface area (Å²) >= 11 is 8.67. The Morgan fingerprint density at radius 1 is 1.28 bits per heavy atom. The molecule has 2 rings (SSSR count). The molecule has 1 unspecified atom stereocenters. The molecular weight excluding hydrogens is 380 g/mol. The lowest BCUT2D eigenvalue weighted by Gasteiger charge is -2.16. The van der Waals surface area contributed by atoms with Gasteiger partial charge in [-0.15, -0.1) is 11.3 Å². The predicted molar refractivity (Wildman–Crippen MR) is 81.9 cm³/mol. The van der Waals surface area contributed by atoms with Gasteiger partial charge in [0, 0.05) is 9.35 Å². The molecule has 3 N–H and O–H groups in total. The Hall–Kier alpha value is -0.400. The summed E-state index contributed by atoms with van der Waals surface area (Å²) in [6, 6.07) is 7.91. The number of hydrogen-bond donors (Lipinski definition) is 2. The van der Waals surface area contributed by atoms with Crippen molar-refractivity contribution in [2.45, 2.75) is 6.04 Å². The maximum Gasteiger partial charge on any atom is 0.133 e. The number of nitrogens with two attached hydrogens (primary N) is 1. The molecular formula is C12H12Br2N2OS. The zero-order valence-corrected chi connectivity index (χ0v) is 13.6. The molecule has 0 spiro atoms. The minimum Gasteiger partial charge on any atom is -0.496 e. The molecule has 0 fully saturated rings. The van der Waals surface area contributed by atoms with Crippen molar-refractivity contribution in [3.8, 4) is 5.75 Å². The van der Waals surface area contributed by atoms with E-state index in [1.807, 2.05) is 29.6 Å².